The zero-order chi connectivity index (χ0) is 17.0. The van der Waals surface area contributed by atoms with Crippen molar-refractivity contribution in [1.82, 2.24) is 25.2 Å². The summed E-state index contributed by atoms with van der Waals surface area (Å²) in [6.45, 7) is 1.77. The Morgan fingerprint density at radius 1 is 1.24 bits per heavy atom. The molecule has 1 amide bonds. The van der Waals surface area contributed by atoms with Gasteiger partial charge in [0.05, 0.1) is 18.3 Å². The summed E-state index contributed by atoms with van der Waals surface area (Å²) in [5.74, 6) is -0.116. The highest BCUT2D eigenvalue weighted by molar-refractivity contribution is 6.30. The molecule has 1 saturated carbocycles. The van der Waals surface area contributed by atoms with Gasteiger partial charge >= 0.3 is 0 Å². The predicted molar refractivity (Wildman–Crippen MR) is 93.6 cm³/mol. The molecule has 1 unspecified atom stereocenters. The maximum Gasteiger partial charge on any atom is 0.273 e. The van der Waals surface area contributed by atoms with Crippen LogP contribution >= 0.6 is 11.6 Å². The minimum absolute atomic E-state index is 0.116. The number of halogens is 1. The van der Waals surface area contributed by atoms with Crippen molar-refractivity contribution in [1.29, 1.82) is 0 Å². The van der Waals surface area contributed by atoms with E-state index in [1.54, 1.807) is 6.20 Å². The first kappa shape index (κ1) is 15.3. The molecule has 0 bridgehead atoms. The summed E-state index contributed by atoms with van der Waals surface area (Å²) in [4.78, 5) is 14.7. The number of carbonyl (C=O) groups is 1. The van der Waals surface area contributed by atoms with Gasteiger partial charge in [-0.15, -0.1) is 5.10 Å². The molecular weight excluding hydrogens is 338 g/mol. The molecule has 1 atom stereocenters. The minimum Gasteiger partial charge on any atom is -0.345 e. The number of rotatable bonds is 4. The Balaban J connectivity index is 1.18. The van der Waals surface area contributed by atoms with E-state index in [9.17, 15) is 4.79 Å². The first-order chi connectivity index (χ1) is 12.2. The van der Waals surface area contributed by atoms with E-state index < -0.39 is 0 Å². The highest BCUT2D eigenvalue weighted by Gasteiger charge is 2.37. The largest absolute Gasteiger partial charge is 0.345 e. The number of aryl methyl sites for hydroxylation is 1. The fraction of sp³-hybridized carbons (Fsp3) is 0.500. The lowest BCUT2D eigenvalue weighted by molar-refractivity contribution is 0.0631. The Bertz CT molecular complexity index is 825. The van der Waals surface area contributed by atoms with Crippen molar-refractivity contribution in [2.24, 2.45) is 0 Å². The zero-order valence-electron chi connectivity index (χ0n) is 13.9. The number of amides is 1. The van der Waals surface area contributed by atoms with Crippen LogP contribution in [-0.2, 0) is 6.42 Å². The third kappa shape index (κ3) is 2.83. The van der Waals surface area contributed by atoms with Crippen LogP contribution in [0.3, 0.4) is 0 Å². The number of hydrogen-bond acceptors (Lipinski definition) is 4. The van der Waals surface area contributed by atoms with E-state index in [0.29, 0.717) is 17.8 Å². The summed E-state index contributed by atoms with van der Waals surface area (Å²) in [5, 5.41) is 11.9. The molecule has 130 valence electrons. The number of hydrogen-bond donors (Lipinski definition) is 1. The van der Waals surface area contributed by atoms with Gasteiger partial charge in [0, 0.05) is 24.2 Å². The van der Waals surface area contributed by atoms with Gasteiger partial charge in [-0.05, 0) is 48.9 Å². The number of benzene rings is 1. The molecule has 1 aliphatic heterocycles. The molecule has 25 heavy (non-hydrogen) atoms. The normalized spacial score (nSPS) is 23.3. The first-order valence-electron chi connectivity index (χ1n) is 8.92. The Morgan fingerprint density at radius 2 is 2.08 bits per heavy atom. The van der Waals surface area contributed by atoms with Crippen molar-refractivity contribution in [3.05, 3.63) is 46.2 Å². The lowest BCUT2D eigenvalue weighted by Gasteiger charge is -2.43. The van der Waals surface area contributed by atoms with Crippen LogP contribution in [0.5, 0.6) is 0 Å². The highest BCUT2D eigenvalue weighted by Crippen LogP contribution is 2.39. The molecule has 6 nitrogen and oxygen atoms in total. The molecule has 2 aromatic rings. The second kappa shape index (κ2) is 5.81. The monoisotopic (exact) mass is 357 g/mol. The maximum absolute atomic E-state index is 12.3. The van der Waals surface area contributed by atoms with E-state index in [-0.39, 0.29) is 11.9 Å². The topological polar surface area (TPSA) is 63.1 Å². The van der Waals surface area contributed by atoms with Crippen LogP contribution in [0.4, 0.5) is 0 Å². The molecule has 0 radical (unpaired) electrons. The first-order valence-corrected chi connectivity index (χ1v) is 9.30. The van der Waals surface area contributed by atoms with Gasteiger partial charge in [-0.1, -0.05) is 22.9 Å². The summed E-state index contributed by atoms with van der Waals surface area (Å²) in [5.41, 5.74) is 3.18. The summed E-state index contributed by atoms with van der Waals surface area (Å²) >= 11 is 6.09. The standard InChI is InChI=1S/C18H20ClN5O/c19-12-2-5-15-11(7-12)1-6-17(15)23-8-13(9-23)20-18(25)16-10-24(22-21-16)14-3-4-14/h2,5,7,10,13-14,17H,1,3-4,6,8-9H2,(H,20,25). The molecule has 3 aliphatic rings. The summed E-state index contributed by atoms with van der Waals surface area (Å²) in [6, 6.07) is 7.30. The van der Waals surface area contributed by atoms with Gasteiger partial charge < -0.3 is 5.32 Å². The molecule has 0 spiro atoms. The second-order valence-corrected chi connectivity index (χ2v) is 7.77. The third-order valence-electron chi connectivity index (χ3n) is 5.50. The van der Waals surface area contributed by atoms with Crippen LogP contribution in [0.2, 0.25) is 5.02 Å². The van der Waals surface area contributed by atoms with E-state index in [0.717, 1.165) is 43.8 Å². The third-order valence-corrected chi connectivity index (χ3v) is 5.74. The van der Waals surface area contributed by atoms with E-state index in [2.05, 4.69) is 32.7 Å². The molecule has 1 N–H and O–H groups in total. The lowest BCUT2D eigenvalue weighted by Crippen LogP contribution is -2.59. The van der Waals surface area contributed by atoms with Crippen LogP contribution < -0.4 is 5.32 Å². The number of carbonyl (C=O) groups excluding carboxylic acids is 1. The highest BCUT2D eigenvalue weighted by atomic mass is 35.5. The SMILES string of the molecule is O=C(NC1CN(C2CCc3cc(Cl)ccc32)C1)c1cn(C2CC2)nn1. The van der Waals surface area contributed by atoms with E-state index in [1.807, 2.05) is 10.7 Å². The average molecular weight is 358 g/mol. The number of nitrogens with one attached hydrogen (secondary N) is 1. The van der Waals surface area contributed by atoms with Gasteiger partial charge in [0.1, 0.15) is 0 Å². The zero-order valence-corrected chi connectivity index (χ0v) is 14.6. The smallest absolute Gasteiger partial charge is 0.273 e. The molecule has 2 aliphatic carbocycles. The van der Waals surface area contributed by atoms with Gasteiger partial charge in [-0.2, -0.15) is 0 Å². The maximum atomic E-state index is 12.3. The van der Waals surface area contributed by atoms with Crippen molar-refractivity contribution in [3.8, 4) is 0 Å². The average Bonchev–Trinajstić information content (AvgIpc) is 3.15. The number of likely N-dealkylation sites (tertiary alicyclic amines) is 1. The van der Waals surface area contributed by atoms with Crippen LogP contribution in [0.15, 0.2) is 24.4 Å². The summed E-state index contributed by atoms with van der Waals surface area (Å²) < 4.78 is 1.81. The molecule has 5 rings (SSSR count). The molecular formula is C18H20ClN5O. The predicted octanol–water partition coefficient (Wildman–Crippen LogP) is 2.37. The molecule has 2 fully saturated rings. The van der Waals surface area contributed by atoms with Crippen molar-refractivity contribution < 1.29 is 4.79 Å². The molecule has 1 aromatic carbocycles. The Hall–Kier alpha value is -1.92. The summed E-state index contributed by atoms with van der Waals surface area (Å²) in [6.07, 6.45) is 6.25. The van der Waals surface area contributed by atoms with E-state index >= 15 is 0 Å². The molecule has 7 heteroatoms. The van der Waals surface area contributed by atoms with Gasteiger partial charge in [-0.25, -0.2) is 4.68 Å². The Labute approximate surface area is 151 Å². The lowest BCUT2D eigenvalue weighted by atomic mass is 10.0. The fourth-order valence-corrected chi connectivity index (χ4v) is 4.15. The number of nitrogens with zero attached hydrogens (tertiary/aromatic N) is 4. The van der Waals surface area contributed by atoms with E-state index in [1.165, 1.54) is 11.1 Å². The van der Waals surface area contributed by atoms with Crippen molar-refractivity contribution in [3.63, 3.8) is 0 Å². The van der Waals surface area contributed by atoms with Crippen molar-refractivity contribution in [2.75, 3.05) is 13.1 Å². The van der Waals surface area contributed by atoms with Crippen LogP contribution in [0.1, 0.15) is 53.0 Å². The van der Waals surface area contributed by atoms with Crippen molar-refractivity contribution in [2.45, 2.75) is 43.8 Å². The minimum atomic E-state index is -0.116. The van der Waals surface area contributed by atoms with Crippen LogP contribution in [0, 0.1) is 0 Å². The van der Waals surface area contributed by atoms with E-state index in [4.69, 9.17) is 11.6 Å². The molecule has 2 heterocycles. The Morgan fingerprint density at radius 3 is 2.88 bits per heavy atom. The second-order valence-electron chi connectivity index (χ2n) is 7.34. The van der Waals surface area contributed by atoms with Gasteiger partial charge in [0.15, 0.2) is 5.69 Å². The molecule has 1 aromatic heterocycles. The van der Waals surface area contributed by atoms with Gasteiger partial charge in [0.2, 0.25) is 0 Å². The van der Waals surface area contributed by atoms with Gasteiger partial charge in [-0.3, -0.25) is 9.69 Å². The fourth-order valence-electron chi connectivity index (χ4n) is 3.96. The quantitative estimate of drug-likeness (QED) is 0.912. The Kier molecular flexibility index (Phi) is 3.57. The van der Waals surface area contributed by atoms with Gasteiger partial charge in [0.25, 0.3) is 5.91 Å². The van der Waals surface area contributed by atoms with Crippen LogP contribution in [-0.4, -0.2) is 44.9 Å². The van der Waals surface area contributed by atoms with Crippen LogP contribution in [0.25, 0.3) is 0 Å². The number of aromatic nitrogens is 3. The number of fused-ring (bicyclic) bond motifs is 1. The van der Waals surface area contributed by atoms with Crippen molar-refractivity contribution >= 4 is 17.5 Å². The molecule has 1 saturated heterocycles. The summed E-state index contributed by atoms with van der Waals surface area (Å²) in [7, 11) is 0.